The summed E-state index contributed by atoms with van der Waals surface area (Å²) in [7, 11) is 0. The Bertz CT molecular complexity index is 791. The highest BCUT2D eigenvalue weighted by Crippen LogP contribution is 2.47. The van der Waals surface area contributed by atoms with Crippen LogP contribution in [-0.2, 0) is 9.47 Å². The van der Waals surface area contributed by atoms with Crippen molar-refractivity contribution in [3.05, 3.63) is 41.5 Å². The number of hydrogen-bond donors (Lipinski definition) is 1. The molecule has 1 amide bonds. The summed E-state index contributed by atoms with van der Waals surface area (Å²) in [5.74, 6) is -0.0494. The van der Waals surface area contributed by atoms with E-state index in [1.165, 1.54) is 0 Å². The van der Waals surface area contributed by atoms with Gasteiger partial charge in [-0.1, -0.05) is 18.2 Å². The highest BCUT2D eigenvalue weighted by Gasteiger charge is 2.49. The van der Waals surface area contributed by atoms with Gasteiger partial charge in [-0.2, -0.15) is 0 Å². The number of nitrogens with one attached hydrogen (secondary N) is 1. The van der Waals surface area contributed by atoms with Gasteiger partial charge in [0, 0.05) is 22.2 Å². The molecule has 1 saturated heterocycles. The lowest BCUT2D eigenvalue weighted by Crippen LogP contribution is -2.41. The number of carbonyl (C=O) groups is 1. The average molecular weight is 297 g/mol. The Labute approximate surface area is 129 Å². The van der Waals surface area contributed by atoms with Crippen LogP contribution in [0.4, 0.5) is 5.69 Å². The monoisotopic (exact) mass is 297 g/mol. The molecule has 2 aliphatic heterocycles. The first kappa shape index (κ1) is 13.7. The quantitative estimate of drug-likeness (QED) is 0.865. The van der Waals surface area contributed by atoms with Gasteiger partial charge in [0.15, 0.2) is 6.29 Å². The zero-order chi connectivity index (χ0) is 15.7. The fraction of sp³-hybridized carbons (Fsp3) is 0.389. The Morgan fingerprint density at radius 1 is 1.00 bits per heavy atom. The van der Waals surface area contributed by atoms with Gasteiger partial charge >= 0.3 is 0 Å². The highest BCUT2D eigenvalue weighted by atomic mass is 16.7. The predicted octanol–water partition coefficient (Wildman–Crippen LogP) is 4.01. The Hall–Kier alpha value is -1.91. The molecule has 114 valence electrons. The van der Waals surface area contributed by atoms with E-state index in [0.717, 1.165) is 22.0 Å². The summed E-state index contributed by atoms with van der Waals surface area (Å²) < 4.78 is 12.3. The van der Waals surface area contributed by atoms with Gasteiger partial charge in [0.2, 0.25) is 0 Å². The van der Waals surface area contributed by atoms with Crippen molar-refractivity contribution in [3.8, 4) is 0 Å². The van der Waals surface area contributed by atoms with Crippen LogP contribution in [0.3, 0.4) is 0 Å². The Morgan fingerprint density at radius 3 is 2.36 bits per heavy atom. The fourth-order valence-corrected chi connectivity index (χ4v) is 3.09. The number of ether oxygens (including phenoxy) is 2. The van der Waals surface area contributed by atoms with E-state index in [9.17, 15) is 4.79 Å². The van der Waals surface area contributed by atoms with Crippen molar-refractivity contribution in [1.29, 1.82) is 0 Å². The summed E-state index contributed by atoms with van der Waals surface area (Å²) in [6.07, 6.45) is -0.426. The molecule has 22 heavy (non-hydrogen) atoms. The third-order valence-corrected chi connectivity index (χ3v) is 5.07. The zero-order valence-electron chi connectivity index (χ0n) is 13.2. The molecule has 0 aromatic heterocycles. The molecule has 2 aromatic rings. The van der Waals surface area contributed by atoms with Crippen molar-refractivity contribution >= 4 is 22.4 Å². The molecule has 4 heteroatoms. The van der Waals surface area contributed by atoms with Gasteiger partial charge in [0.05, 0.1) is 11.2 Å². The smallest absolute Gasteiger partial charge is 0.256 e. The minimum absolute atomic E-state index is 0.0494. The molecule has 0 aliphatic carbocycles. The van der Waals surface area contributed by atoms with Crippen LogP contribution in [0, 0.1) is 0 Å². The van der Waals surface area contributed by atoms with Gasteiger partial charge in [0.1, 0.15) is 0 Å². The van der Waals surface area contributed by atoms with E-state index >= 15 is 0 Å². The van der Waals surface area contributed by atoms with Crippen molar-refractivity contribution in [2.75, 3.05) is 5.32 Å². The van der Waals surface area contributed by atoms with E-state index in [1.807, 2.05) is 58.0 Å². The first-order chi connectivity index (χ1) is 10.3. The Balaban J connectivity index is 1.89. The van der Waals surface area contributed by atoms with Gasteiger partial charge in [-0.25, -0.2) is 0 Å². The van der Waals surface area contributed by atoms with Gasteiger partial charge in [-0.3, -0.25) is 4.79 Å². The average Bonchev–Trinajstić information content (AvgIpc) is 2.87. The van der Waals surface area contributed by atoms with Crippen molar-refractivity contribution in [2.24, 2.45) is 0 Å². The lowest BCUT2D eigenvalue weighted by molar-refractivity contribution is -0.0885. The summed E-state index contributed by atoms with van der Waals surface area (Å²) >= 11 is 0. The van der Waals surface area contributed by atoms with Crippen LogP contribution < -0.4 is 5.32 Å². The van der Waals surface area contributed by atoms with Gasteiger partial charge in [0.25, 0.3) is 5.91 Å². The highest BCUT2D eigenvalue weighted by molar-refractivity contribution is 6.24. The van der Waals surface area contributed by atoms with Crippen molar-refractivity contribution < 1.29 is 14.3 Å². The van der Waals surface area contributed by atoms with Gasteiger partial charge < -0.3 is 14.8 Å². The van der Waals surface area contributed by atoms with Crippen LogP contribution in [0.15, 0.2) is 30.3 Å². The largest absolute Gasteiger partial charge is 0.339 e. The molecule has 1 N–H and O–H groups in total. The number of amides is 1. The molecule has 0 atom stereocenters. The minimum atomic E-state index is -0.426. The molecule has 4 rings (SSSR count). The maximum Gasteiger partial charge on any atom is 0.256 e. The third-order valence-electron chi connectivity index (χ3n) is 5.07. The fourth-order valence-electron chi connectivity index (χ4n) is 3.09. The second-order valence-electron chi connectivity index (χ2n) is 6.97. The topological polar surface area (TPSA) is 47.6 Å². The number of benzene rings is 2. The molecule has 2 aliphatic rings. The SMILES string of the molecule is CC1(C)OC(c2ccc3c4c(cccc24)C(=O)N3)OC1(C)C. The zero-order valence-corrected chi connectivity index (χ0v) is 13.2. The van der Waals surface area contributed by atoms with Crippen LogP contribution >= 0.6 is 0 Å². The van der Waals surface area contributed by atoms with Gasteiger partial charge in [-0.05, 0) is 45.2 Å². The van der Waals surface area contributed by atoms with Crippen LogP contribution in [-0.4, -0.2) is 17.1 Å². The minimum Gasteiger partial charge on any atom is -0.339 e. The summed E-state index contributed by atoms with van der Waals surface area (Å²) in [6, 6.07) is 9.68. The van der Waals surface area contributed by atoms with Crippen LogP contribution in [0.25, 0.3) is 10.8 Å². The molecule has 2 heterocycles. The number of anilines is 1. The molecule has 0 radical (unpaired) electrons. The first-order valence-corrected chi connectivity index (χ1v) is 7.53. The normalized spacial score (nSPS) is 22.3. The number of hydrogen-bond acceptors (Lipinski definition) is 3. The summed E-state index contributed by atoms with van der Waals surface area (Å²) in [4.78, 5) is 12.0. The number of rotatable bonds is 1. The second kappa shape index (κ2) is 4.09. The maximum atomic E-state index is 12.0. The summed E-state index contributed by atoms with van der Waals surface area (Å²) in [5, 5.41) is 4.87. The molecule has 0 spiro atoms. The first-order valence-electron chi connectivity index (χ1n) is 7.53. The second-order valence-corrected chi connectivity index (χ2v) is 6.97. The van der Waals surface area contributed by atoms with E-state index < -0.39 is 6.29 Å². The molecular weight excluding hydrogens is 278 g/mol. The maximum absolute atomic E-state index is 12.0. The van der Waals surface area contributed by atoms with Crippen molar-refractivity contribution in [3.63, 3.8) is 0 Å². The van der Waals surface area contributed by atoms with E-state index in [2.05, 4.69) is 5.32 Å². The molecule has 4 nitrogen and oxygen atoms in total. The van der Waals surface area contributed by atoms with Crippen LogP contribution in [0.2, 0.25) is 0 Å². The van der Waals surface area contributed by atoms with E-state index in [0.29, 0.717) is 5.56 Å². The Morgan fingerprint density at radius 2 is 1.68 bits per heavy atom. The molecule has 1 fully saturated rings. The lowest BCUT2D eigenvalue weighted by atomic mass is 9.90. The van der Waals surface area contributed by atoms with Gasteiger partial charge in [-0.15, -0.1) is 0 Å². The molecule has 0 bridgehead atoms. The molecule has 0 saturated carbocycles. The number of carbonyl (C=O) groups excluding carboxylic acids is 1. The predicted molar refractivity (Wildman–Crippen MR) is 85.0 cm³/mol. The van der Waals surface area contributed by atoms with Crippen molar-refractivity contribution in [1.82, 2.24) is 0 Å². The standard InChI is InChI=1S/C18H19NO3/c1-17(2)18(3,4)22-16(21-17)11-8-9-13-14-10(11)6-5-7-12(14)15(20)19-13/h5-9,16H,1-4H3,(H,19,20). The van der Waals surface area contributed by atoms with Crippen molar-refractivity contribution in [2.45, 2.75) is 45.2 Å². The lowest BCUT2D eigenvalue weighted by Gasteiger charge is -2.30. The van der Waals surface area contributed by atoms with Crippen LogP contribution in [0.5, 0.6) is 0 Å². The van der Waals surface area contributed by atoms with E-state index in [1.54, 1.807) is 0 Å². The Kier molecular flexibility index (Phi) is 2.55. The van der Waals surface area contributed by atoms with E-state index in [4.69, 9.17) is 9.47 Å². The summed E-state index contributed by atoms with van der Waals surface area (Å²) in [6.45, 7) is 8.16. The molecule has 2 aromatic carbocycles. The summed E-state index contributed by atoms with van der Waals surface area (Å²) in [5.41, 5.74) is 1.78. The van der Waals surface area contributed by atoms with E-state index in [-0.39, 0.29) is 17.1 Å². The molecular formula is C18H19NO3. The van der Waals surface area contributed by atoms with Crippen LogP contribution in [0.1, 0.15) is 49.9 Å². The third kappa shape index (κ3) is 1.68. The molecule has 0 unspecified atom stereocenters.